The molecule has 0 nitrogen and oxygen atoms in total. The van der Waals surface area contributed by atoms with Crippen molar-refractivity contribution in [2.75, 3.05) is 0 Å². The van der Waals surface area contributed by atoms with Crippen LogP contribution in [0.15, 0.2) is 43.0 Å². The van der Waals surface area contributed by atoms with Crippen LogP contribution in [0.1, 0.15) is 60.6 Å². The third-order valence-electron chi connectivity index (χ3n) is 6.73. The fourth-order valence-electron chi connectivity index (χ4n) is 5.58. The van der Waals surface area contributed by atoms with Gasteiger partial charge < -0.3 is 0 Å². The van der Waals surface area contributed by atoms with Gasteiger partial charge in [0.25, 0.3) is 0 Å². The van der Waals surface area contributed by atoms with Gasteiger partial charge in [0.2, 0.25) is 0 Å². The Morgan fingerprint density at radius 2 is 1.75 bits per heavy atom. The van der Waals surface area contributed by atoms with Crippen molar-refractivity contribution in [2.45, 2.75) is 50.4 Å². The number of rotatable bonds is 4. The van der Waals surface area contributed by atoms with Crippen molar-refractivity contribution in [2.24, 2.45) is 11.8 Å². The summed E-state index contributed by atoms with van der Waals surface area (Å²) in [7, 11) is 0. The average molecular weight is 388 g/mol. The molecule has 2 aliphatic rings. The van der Waals surface area contributed by atoms with Crippen LogP contribution in [-0.2, 0) is 6.42 Å². The van der Waals surface area contributed by atoms with Crippen molar-refractivity contribution >= 4 is 0 Å². The van der Waals surface area contributed by atoms with E-state index >= 15 is 0 Å². The molecule has 4 atom stereocenters. The van der Waals surface area contributed by atoms with Crippen LogP contribution in [0.3, 0.4) is 0 Å². The summed E-state index contributed by atoms with van der Waals surface area (Å²) in [6, 6.07) is 6.61. The van der Waals surface area contributed by atoms with Crippen LogP contribution in [-0.4, -0.2) is 0 Å². The van der Waals surface area contributed by atoms with Gasteiger partial charge in [-0.3, -0.25) is 0 Å². The molecule has 0 heterocycles. The summed E-state index contributed by atoms with van der Waals surface area (Å²) in [6.07, 6.45) is 6.77. The smallest absolute Gasteiger partial charge is 0.159 e. The van der Waals surface area contributed by atoms with Crippen LogP contribution in [0.5, 0.6) is 0 Å². The van der Waals surface area contributed by atoms with Gasteiger partial charge in [-0.2, -0.15) is 0 Å². The molecule has 28 heavy (non-hydrogen) atoms. The minimum absolute atomic E-state index is 0.0482. The normalized spacial score (nSPS) is 26.4. The lowest BCUT2D eigenvalue weighted by molar-refractivity contribution is 0.160. The molecule has 1 saturated carbocycles. The van der Waals surface area contributed by atoms with Crippen LogP contribution in [0.25, 0.3) is 0 Å². The van der Waals surface area contributed by atoms with Gasteiger partial charge >= 0.3 is 0 Å². The van der Waals surface area contributed by atoms with E-state index in [0.717, 1.165) is 49.3 Å². The zero-order valence-electron chi connectivity index (χ0n) is 15.7. The highest BCUT2D eigenvalue weighted by molar-refractivity contribution is 5.38. The summed E-state index contributed by atoms with van der Waals surface area (Å²) in [4.78, 5) is 0. The van der Waals surface area contributed by atoms with Crippen molar-refractivity contribution in [3.63, 3.8) is 0 Å². The molecule has 1 fully saturated rings. The third-order valence-corrected chi connectivity index (χ3v) is 6.73. The second kappa shape index (κ2) is 7.73. The quantitative estimate of drug-likeness (QED) is 0.389. The lowest BCUT2D eigenvalue weighted by Gasteiger charge is -2.47. The van der Waals surface area contributed by atoms with Crippen molar-refractivity contribution in [1.82, 2.24) is 0 Å². The lowest BCUT2D eigenvalue weighted by Crippen LogP contribution is -2.35. The number of benzene rings is 2. The van der Waals surface area contributed by atoms with E-state index in [1.165, 1.54) is 18.2 Å². The molecule has 2 aromatic rings. The molecule has 0 N–H and O–H groups in total. The van der Waals surface area contributed by atoms with E-state index < -0.39 is 23.3 Å². The molecular weight excluding hydrogens is 364 g/mol. The van der Waals surface area contributed by atoms with Crippen molar-refractivity contribution in [1.29, 1.82) is 0 Å². The van der Waals surface area contributed by atoms with Crippen molar-refractivity contribution < 1.29 is 17.6 Å². The highest BCUT2D eigenvalue weighted by Gasteiger charge is 2.43. The Labute approximate surface area is 163 Å². The van der Waals surface area contributed by atoms with E-state index in [1.54, 1.807) is 6.07 Å². The van der Waals surface area contributed by atoms with Crippen LogP contribution < -0.4 is 0 Å². The molecule has 0 spiro atoms. The van der Waals surface area contributed by atoms with Crippen LogP contribution >= 0.6 is 0 Å². The molecule has 0 radical (unpaired) electrons. The maximum absolute atomic E-state index is 14.3. The van der Waals surface area contributed by atoms with E-state index in [-0.39, 0.29) is 17.8 Å². The molecule has 0 bridgehead atoms. The number of hydrogen-bond donors (Lipinski definition) is 0. The Kier molecular flexibility index (Phi) is 5.31. The maximum atomic E-state index is 14.3. The topological polar surface area (TPSA) is 0 Å². The fraction of sp³-hybridized carbons (Fsp3) is 0.417. The average Bonchev–Trinajstić information content (AvgIpc) is 2.67. The van der Waals surface area contributed by atoms with E-state index in [4.69, 9.17) is 0 Å². The second-order valence-electron chi connectivity index (χ2n) is 8.17. The Morgan fingerprint density at radius 3 is 2.50 bits per heavy atom. The Bertz CT molecular complexity index is 888. The number of halogens is 4. The molecule has 0 saturated heterocycles. The largest absolute Gasteiger partial charge is 0.207 e. The van der Waals surface area contributed by atoms with E-state index in [1.807, 2.05) is 6.08 Å². The third kappa shape index (κ3) is 3.38. The number of hydrogen-bond acceptors (Lipinski definition) is 0. The number of allylic oxidation sites excluding steroid dienone is 1. The van der Waals surface area contributed by atoms with Gasteiger partial charge in [-0.05, 0) is 97.1 Å². The molecule has 0 aliphatic heterocycles. The van der Waals surface area contributed by atoms with Crippen molar-refractivity contribution in [3.05, 3.63) is 82.9 Å². The Balaban J connectivity index is 1.75. The first-order chi connectivity index (χ1) is 13.5. The molecule has 2 aromatic carbocycles. The first kappa shape index (κ1) is 19.2. The minimum atomic E-state index is -0.850. The fourth-order valence-corrected chi connectivity index (χ4v) is 5.58. The zero-order valence-corrected chi connectivity index (χ0v) is 15.7. The lowest BCUT2D eigenvalue weighted by atomic mass is 9.57. The monoisotopic (exact) mass is 388 g/mol. The molecule has 0 amide bonds. The minimum Gasteiger partial charge on any atom is -0.207 e. The Morgan fingerprint density at radius 1 is 0.929 bits per heavy atom. The molecule has 148 valence electrons. The predicted octanol–water partition coefficient (Wildman–Crippen LogP) is 7.05. The first-order valence-corrected chi connectivity index (χ1v) is 10.0. The number of fused-ring (bicyclic) bond motifs is 3. The van der Waals surface area contributed by atoms with Gasteiger partial charge in [0.1, 0.15) is 11.6 Å². The molecule has 2 aliphatic carbocycles. The molecule has 4 heteroatoms. The summed E-state index contributed by atoms with van der Waals surface area (Å²) < 4.78 is 55.7. The highest BCUT2D eigenvalue weighted by Crippen LogP contribution is 2.55. The van der Waals surface area contributed by atoms with Gasteiger partial charge in [0, 0.05) is 6.07 Å². The van der Waals surface area contributed by atoms with Gasteiger partial charge in [-0.1, -0.05) is 12.1 Å². The zero-order chi connectivity index (χ0) is 19.8. The maximum Gasteiger partial charge on any atom is 0.159 e. The van der Waals surface area contributed by atoms with Gasteiger partial charge in [0.05, 0.1) is 0 Å². The van der Waals surface area contributed by atoms with Gasteiger partial charge in [0.15, 0.2) is 11.6 Å². The Hall–Kier alpha value is -2.10. The summed E-state index contributed by atoms with van der Waals surface area (Å²) in [6.45, 7) is 3.81. The first-order valence-electron chi connectivity index (χ1n) is 10.0. The molecular formula is C24H24F4. The standard InChI is InChI=1S/C24H24F4/c1-2-3-4-14-5-7-17-19(24(14)15-6-10-21(26)23(28)11-15)9-8-18-20(17)12-16(25)13-22(18)27/h2,6,10-14,17,19,24H,1,3-5,7-9H2/t14-,17-,19+,24-/m1/s1. The van der Waals surface area contributed by atoms with Crippen molar-refractivity contribution in [3.8, 4) is 0 Å². The summed E-state index contributed by atoms with van der Waals surface area (Å²) in [5.41, 5.74) is 2.18. The SMILES string of the molecule is C=CCC[C@@H]1CC[C@H]2c3cc(F)cc(F)c3CC[C@@H]2[C@H]1c1ccc(F)c(F)c1. The van der Waals surface area contributed by atoms with Gasteiger partial charge in [-0.25, -0.2) is 17.6 Å². The van der Waals surface area contributed by atoms with E-state index in [2.05, 4.69) is 6.58 Å². The van der Waals surface area contributed by atoms with Crippen LogP contribution in [0.2, 0.25) is 0 Å². The van der Waals surface area contributed by atoms with E-state index in [9.17, 15) is 17.6 Å². The summed E-state index contributed by atoms with van der Waals surface area (Å²) >= 11 is 0. The molecule has 0 unspecified atom stereocenters. The summed E-state index contributed by atoms with van der Waals surface area (Å²) in [5, 5.41) is 0. The van der Waals surface area contributed by atoms with Crippen LogP contribution in [0.4, 0.5) is 17.6 Å². The van der Waals surface area contributed by atoms with E-state index in [0.29, 0.717) is 17.9 Å². The molecule has 4 rings (SSSR count). The van der Waals surface area contributed by atoms with Crippen LogP contribution in [0, 0.1) is 35.1 Å². The van der Waals surface area contributed by atoms with Gasteiger partial charge in [-0.15, -0.1) is 6.58 Å². The second-order valence-corrected chi connectivity index (χ2v) is 8.17. The highest BCUT2D eigenvalue weighted by atomic mass is 19.2. The summed E-state index contributed by atoms with van der Waals surface area (Å²) in [5.74, 6) is -2.11. The molecule has 0 aromatic heterocycles. The predicted molar refractivity (Wildman–Crippen MR) is 102 cm³/mol.